The van der Waals surface area contributed by atoms with Crippen LogP contribution in [0, 0.1) is 17.3 Å². The first kappa shape index (κ1) is 21.9. The molecule has 2 saturated carbocycles. The van der Waals surface area contributed by atoms with E-state index in [9.17, 15) is 9.59 Å². The number of benzene rings is 2. The topological polar surface area (TPSA) is 65.0 Å². The maximum atomic E-state index is 13.2. The van der Waals surface area contributed by atoms with Gasteiger partial charge in [-0.15, -0.1) is 0 Å². The lowest BCUT2D eigenvalue weighted by Crippen LogP contribution is -2.42. The summed E-state index contributed by atoms with van der Waals surface area (Å²) in [6.07, 6.45) is 4.78. The molecule has 3 aliphatic carbocycles. The minimum absolute atomic E-state index is 0.0744. The van der Waals surface area contributed by atoms with Crippen molar-refractivity contribution in [3.63, 3.8) is 0 Å². The molecule has 5 nitrogen and oxygen atoms in total. The number of ether oxygens (including phenoxy) is 1. The van der Waals surface area contributed by atoms with Gasteiger partial charge in [0.05, 0.1) is 0 Å². The summed E-state index contributed by atoms with van der Waals surface area (Å²) in [5.74, 6) is 1.76. The number of oxime groups is 1. The van der Waals surface area contributed by atoms with Crippen molar-refractivity contribution in [2.24, 2.45) is 22.4 Å². The first-order valence-corrected chi connectivity index (χ1v) is 12.1. The van der Waals surface area contributed by atoms with Gasteiger partial charge >= 0.3 is 5.97 Å². The highest BCUT2D eigenvalue weighted by molar-refractivity contribution is 6.43. The number of carbonyl (C=O) groups is 2. The van der Waals surface area contributed by atoms with Crippen molar-refractivity contribution in [2.75, 3.05) is 0 Å². The number of Topliss-reactive ketones (excluding diaryl/α,β-unsaturated/α-hetero) is 1. The average molecular weight is 446 g/mol. The van der Waals surface area contributed by atoms with E-state index in [0.717, 1.165) is 37.0 Å². The fourth-order valence-corrected chi connectivity index (χ4v) is 6.25. The van der Waals surface area contributed by atoms with Gasteiger partial charge in [-0.05, 0) is 72.3 Å². The van der Waals surface area contributed by atoms with Crippen molar-refractivity contribution in [1.82, 2.24) is 0 Å². The molecule has 33 heavy (non-hydrogen) atoms. The van der Waals surface area contributed by atoms with Crippen molar-refractivity contribution < 1.29 is 19.2 Å². The Morgan fingerprint density at radius 1 is 1.15 bits per heavy atom. The molecule has 0 spiro atoms. The monoisotopic (exact) mass is 445 g/mol. The van der Waals surface area contributed by atoms with Crippen LogP contribution in [-0.4, -0.2) is 17.5 Å². The molecule has 2 aromatic rings. The molecular formula is C28H31NO4. The molecule has 0 radical (unpaired) electrons. The van der Waals surface area contributed by atoms with Crippen LogP contribution in [0.1, 0.15) is 68.6 Å². The number of fused-ring (bicyclic) bond motifs is 5. The van der Waals surface area contributed by atoms with Gasteiger partial charge in [0.1, 0.15) is 18.1 Å². The lowest BCUT2D eigenvalue weighted by atomic mass is 9.55. The van der Waals surface area contributed by atoms with E-state index in [-0.39, 0.29) is 18.1 Å². The van der Waals surface area contributed by atoms with Crippen molar-refractivity contribution in [1.29, 1.82) is 0 Å². The predicted octanol–water partition coefficient (Wildman–Crippen LogP) is 5.61. The van der Waals surface area contributed by atoms with Crippen molar-refractivity contribution >= 4 is 17.5 Å². The summed E-state index contributed by atoms with van der Waals surface area (Å²) < 4.78 is 6.06. The quantitative estimate of drug-likeness (QED) is 0.443. The van der Waals surface area contributed by atoms with Crippen LogP contribution >= 0.6 is 0 Å². The summed E-state index contributed by atoms with van der Waals surface area (Å²) in [6.45, 7) is 4.39. The number of rotatable bonds is 5. The van der Waals surface area contributed by atoms with Crippen LogP contribution in [0.4, 0.5) is 0 Å². The molecule has 3 aliphatic rings. The summed E-state index contributed by atoms with van der Waals surface area (Å²) in [7, 11) is 0. The Hall–Kier alpha value is -2.95. The lowest BCUT2D eigenvalue weighted by Gasteiger charge is -2.47. The molecule has 5 heteroatoms. The maximum Gasteiger partial charge on any atom is 0.334 e. The maximum absolute atomic E-state index is 13.2. The highest BCUT2D eigenvalue weighted by atomic mass is 16.7. The zero-order chi connectivity index (χ0) is 23.0. The second kappa shape index (κ2) is 8.77. The molecule has 0 heterocycles. The molecule has 3 unspecified atom stereocenters. The fourth-order valence-electron chi connectivity index (χ4n) is 6.25. The summed E-state index contributed by atoms with van der Waals surface area (Å²) in [4.78, 5) is 29.7. The van der Waals surface area contributed by atoms with Crippen LogP contribution in [0.15, 0.2) is 53.7 Å². The standard InChI is InChI=1S/C28H31NO4/c1-3-26(30)33-29-25-16-24-23-11-9-19-15-20(32-17-18-7-5-4-6-8-18)10-12-21(19)22(23)13-14-28(24,2)27(25)31/h4-8,10,12,15,22-24H,3,9,11,13-14,16-17H2,1-2H3/b29-25+/t22?,23?,24?,28-/m1/s1. The van der Waals surface area contributed by atoms with E-state index >= 15 is 0 Å². The number of hydrogen-bond acceptors (Lipinski definition) is 5. The SMILES string of the molecule is CCC(=O)O/N=C1\CC2C3CCc4cc(OCc5ccccc5)ccc4C3CC[C@@]2(C)C1=O. The van der Waals surface area contributed by atoms with Gasteiger partial charge in [0.25, 0.3) is 0 Å². The summed E-state index contributed by atoms with van der Waals surface area (Å²) in [5, 5.41) is 3.98. The van der Waals surface area contributed by atoms with E-state index in [0.29, 0.717) is 30.6 Å². The number of carbonyl (C=O) groups excluding carboxylic acids is 2. The van der Waals surface area contributed by atoms with E-state index in [1.165, 1.54) is 11.1 Å². The van der Waals surface area contributed by atoms with Gasteiger partial charge in [-0.1, -0.05) is 55.4 Å². The van der Waals surface area contributed by atoms with E-state index in [2.05, 4.69) is 42.4 Å². The van der Waals surface area contributed by atoms with E-state index in [1.807, 2.05) is 18.2 Å². The zero-order valence-corrected chi connectivity index (χ0v) is 19.4. The highest BCUT2D eigenvalue weighted by Crippen LogP contribution is 2.59. The fraction of sp³-hybridized carbons (Fsp3) is 0.464. The number of nitrogens with zero attached hydrogens (tertiary/aromatic N) is 1. The van der Waals surface area contributed by atoms with Gasteiger partial charge in [-0.2, -0.15) is 0 Å². The Kier molecular flexibility index (Phi) is 5.81. The Balaban J connectivity index is 1.33. The molecule has 0 aliphatic heterocycles. The first-order valence-electron chi connectivity index (χ1n) is 12.1. The van der Waals surface area contributed by atoms with Crippen molar-refractivity contribution in [2.45, 2.75) is 64.9 Å². The second-order valence-corrected chi connectivity index (χ2v) is 9.89. The van der Waals surface area contributed by atoms with Crippen molar-refractivity contribution in [3.05, 3.63) is 65.2 Å². The normalized spacial score (nSPS) is 29.2. The third kappa shape index (κ3) is 3.98. The molecule has 0 bridgehead atoms. The van der Waals surface area contributed by atoms with Crippen LogP contribution in [0.5, 0.6) is 5.75 Å². The highest BCUT2D eigenvalue weighted by Gasteiger charge is 2.57. The summed E-state index contributed by atoms with van der Waals surface area (Å²) in [6, 6.07) is 16.8. The molecule has 0 amide bonds. The van der Waals surface area contributed by atoms with Gasteiger partial charge in [0.15, 0.2) is 5.78 Å². The largest absolute Gasteiger partial charge is 0.489 e. The lowest BCUT2D eigenvalue weighted by molar-refractivity contribution is -0.143. The first-order chi connectivity index (χ1) is 16.0. The van der Waals surface area contributed by atoms with E-state index in [4.69, 9.17) is 9.57 Å². The predicted molar refractivity (Wildman–Crippen MR) is 126 cm³/mol. The Labute approximate surface area is 195 Å². The molecule has 0 N–H and O–H groups in total. The molecule has 4 atom stereocenters. The van der Waals surface area contributed by atoms with Crippen LogP contribution < -0.4 is 4.74 Å². The number of aryl methyl sites for hydroxylation is 1. The number of hydrogen-bond donors (Lipinski definition) is 0. The van der Waals surface area contributed by atoms with E-state index < -0.39 is 11.4 Å². The van der Waals surface area contributed by atoms with Crippen LogP contribution in [0.25, 0.3) is 0 Å². The summed E-state index contributed by atoms with van der Waals surface area (Å²) >= 11 is 0. The summed E-state index contributed by atoms with van der Waals surface area (Å²) in [5.41, 5.74) is 4.00. The molecule has 2 aromatic carbocycles. The third-order valence-electron chi connectivity index (χ3n) is 8.08. The smallest absolute Gasteiger partial charge is 0.334 e. The molecule has 172 valence electrons. The van der Waals surface area contributed by atoms with Crippen LogP contribution in [0.2, 0.25) is 0 Å². The van der Waals surface area contributed by atoms with Crippen LogP contribution in [0.3, 0.4) is 0 Å². The van der Waals surface area contributed by atoms with Gasteiger partial charge < -0.3 is 9.57 Å². The van der Waals surface area contributed by atoms with E-state index in [1.54, 1.807) is 6.92 Å². The molecule has 0 saturated heterocycles. The Morgan fingerprint density at radius 3 is 2.76 bits per heavy atom. The third-order valence-corrected chi connectivity index (χ3v) is 8.08. The van der Waals surface area contributed by atoms with Gasteiger partial charge in [0, 0.05) is 18.3 Å². The number of ketones is 1. The van der Waals surface area contributed by atoms with Gasteiger partial charge in [-0.3, -0.25) is 4.79 Å². The van der Waals surface area contributed by atoms with Gasteiger partial charge in [0.2, 0.25) is 0 Å². The zero-order valence-electron chi connectivity index (χ0n) is 19.4. The van der Waals surface area contributed by atoms with Gasteiger partial charge in [-0.25, -0.2) is 4.79 Å². The Bertz CT molecular complexity index is 1090. The Morgan fingerprint density at radius 2 is 1.97 bits per heavy atom. The molecular weight excluding hydrogens is 414 g/mol. The molecule has 2 fully saturated rings. The molecule has 5 rings (SSSR count). The minimum Gasteiger partial charge on any atom is -0.489 e. The average Bonchev–Trinajstić information content (AvgIpc) is 3.11. The second-order valence-electron chi connectivity index (χ2n) is 9.89. The van der Waals surface area contributed by atoms with Crippen molar-refractivity contribution in [3.8, 4) is 5.75 Å². The molecule has 0 aromatic heterocycles. The minimum atomic E-state index is -0.398. The van der Waals surface area contributed by atoms with Crippen LogP contribution in [-0.2, 0) is 27.5 Å².